The monoisotopic (exact) mass is 412 g/mol. The topological polar surface area (TPSA) is 88.0 Å². The Bertz CT molecular complexity index is 1220. The largest absolute Gasteiger partial charge is 0.289 e. The second-order valence-electron chi connectivity index (χ2n) is 7.46. The van der Waals surface area contributed by atoms with Crippen LogP contribution in [-0.2, 0) is 6.54 Å². The van der Waals surface area contributed by atoms with Gasteiger partial charge >= 0.3 is 0 Å². The minimum atomic E-state index is -0.353. The molecule has 0 aliphatic heterocycles. The lowest BCUT2D eigenvalue weighted by Crippen LogP contribution is -2.18. The summed E-state index contributed by atoms with van der Waals surface area (Å²) in [5.74, 6) is -0.353. The molecule has 4 rings (SSSR count). The van der Waals surface area contributed by atoms with Crippen LogP contribution in [0.2, 0.25) is 0 Å². The van der Waals surface area contributed by atoms with Crippen LogP contribution in [0.4, 0.5) is 0 Å². The van der Waals surface area contributed by atoms with E-state index in [0.717, 1.165) is 22.5 Å². The summed E-state index contributed by atoms with van der Waals surface area (Å²) >= 11 is 0. The third kappa shape index (κ3) is 4.61. The number of carbonyl (C=O) groups excluding carboxylic acids is 1. The molecule has 7 nitrogen and oxygen atoms in total. The summed E-state index contributed by atoms with van der Waals surface area (Å²) in [6.45, 7) is 6.69. The van der Waals surface area contributed by atoms with E-state index in [0.29, 0.717) is 17.9 Å². The second kappa shape index (κ2) is 8.79. The quantitative estimate of drug-likeness (QED) is 0.370. The molecule has 0 aliphatic rings. The molecule has 4 aromatic rings. The highest BCUT2D eigenvalue weighted by molar-refractivity contribution is 5.94. The van der Waals surface area contributed by atoms with Crippen LogP contribution in [0.15, 0.2) is 65.8 Å². The normalized spacial score (nSPS) is 11.2. The molecule has 0 bridgehead atoms. The van der Waals surface area contributed by atoms with Crippen molar-refractivity contribution in [2.75, 3.05) is 0 Å². The number of benzene rings is 2. The predicted octanol–water partition coefficient (Wildman–Crippen LogP) is 4.01. The summed E-state index contributed by atoms with van der Waals surface area (Å²) in [4.78, 5) is 12.4. The number of nitrogens with one attached hydrogen (secondary N) is 2. The van der Waals surface area contributed by atoms with Crippen LogP contribution in [0, 0.1) is 20.8 Å². The van der Waals surface area contributed by atoms with Gasteiger partial charge < -0.3 is 0 Å². The van der Waals surface area contributed by atoms with Crippen LogP contribution in [-0.4, -0.2) is 32.1 Å². The van der Waals surface area contributed by atoms with Crippen molar-refractivity contribution in [2.24, 2.45) is 5.10 Å². The zero-order valence-electron chi connectivity index (χ0n) is 17.8. The lowest BCUT2D eigenvalue weighted by molar-refractivity contribution is 0.0950. The highest BCUT2D eigenvalue weighted by atomic mass is 16.2. The van der Waals surface area contributed by atoms with E-state index in [-0.39, 0.29) is 5.91 Å². The molecule has 2 heterocycles. The maximum atomic E-state index is 12.4. The molecule has 7 heteroatoms. The van der Waals surface area contributed by atoms with Crippen LogP contribution < -0.4 is 5.43 Å². The van der Waals surface area contributed by atoms with Crippen LogP contribution >= 0.6 is 0 Å². The summed E-state index contributed by atoms with van der Waals surface area (Å²) in [7, 11) is 0. The Morgan fingerprint density at radius 3 is 2.58 bits per heavy atom. The lowest BCUT2D eigenvalue weighted by atomic mass is 10.1. The SMILES string of the molecule is Cc1ccc(Cn2nc(C)c(/C=N\NC(=O)c3cc(-c4ccccc4)n[nH]3)c2C)cc1. The van der Waals surface area contributed by atoms with E-state index in [2.05, 4.69) is 57.0 Å². The first kappa shape index (κ1) is 20.3. The molecule has 0 fully saturated rings. The molecule has 0 atom stereocenters. The Hall–Kier alpha value is -4.00. The fraction of sp³-hybridized carbons (Fsp3) is 0.167. The third-order valence-corrected chi connectivity index (χ3v) is 5.14. The van der Waals surface area contributed by atoms with E-state index in [1.807, 2.05) is 48.9 Å². The molecule has 2 N–H and O–H groups in total. The van der Waals surface area contributed by atoms with Gasteiger partial charge in [-0.05, 0) is 32.4 Å². The number of aromatic nitrogens is 4. The molecule has 0 radical (unpaired) electrons. The Morgan fingerprint density at radius 2 is 1.84 bits per heavy atom. The third-order valence-electron chi connectivity index (χ3n) is 5.14. The van der Waals surface area contributed by atoms with E-state index in [4.69, 9.17) is 0 Å². The average Bonchev–Trinajstić information content (AvgIpc) is 3.37. The first-order chi connectivity index (χ1) is 15.0. The van der Waals surface area contributed by atoms with Crippen molar-refractivity contribution in [3.63, 3.8) is 0 Å². The lowest BCUT2D eigenvalue weighted by Gasteiger charge is -2.05. The molecule has 1 amide bonds. The molecule has 156 valence electrons. The molecular weight excluding hydrogens is 388 g/mol. The number of hydrogen-bond acceptors (Lipinski definition) is 4. The molecule has 0 spiro atoms. The highest BCUT2D eigenvalue weighted by Gasteiger charge is 2.12. The van der Waals surface area contributed by atoms with Crippen molar-refractivity contribution in [3.05, 3.63) is 94.4 Å². The van der Waals surface area contributed by atoms with Gasteiger partial charge in [0.15, 0.2) is 0 Å². The summed E-state index contributed by atoms with van der Waals surface area (Å²) in [6, 6.07) is 19.8. The van der Waals surface area contributed by atoms with Gasteiger partial charge in [-0.1, -0.05) is 60.2 Å². The Labute approximate surface area is 180 Å². The smallest absolute Gasteiger partial charge is 0.272 e. The fourth-order valence-corrected chi connectivity index (χ4v) is 3.33. The number of H-pyrrole nitrogens is 1. The molecule has 31 heavy (non-hydrogen) atoms. The molecular formula is C24H24N6O. The maximum Gasteiger partial charge on any atom is 0.289 e. The Kier molecular flexibility index (Phi) is 5.75. The molecule has 2 aromatic carbocycles. The highest BCUT2D eigenvalue weighted by Crippen LogP contribution is 2.17. The number of hydrogen-bond donors (Lipinski definition) is 2. The molecule has 0 unspecified atom stereocenters. The van der Waals surface area contributed by atoms with E-state index >= 15 is 0 Å². The van der Waals surface area contributed by atoms with Gasteiger partial charge in [-0.25, -0.2) is 5.43 Å². The fourth-order valence-electron chi connectivity index (χ4n) is 3.33. The second-order valence-corrected chi connectivity index (χ2v) is 7.46. The minimum absolute atomic E-state index is 0.347. The van der Waals surface area contributed by atoms with Gasteiger partial charge in [0.05, 0.1) is 24.1 Å². The Balaban J connectivity index is 1.43. The summed E-state index contributed by atoms with van der Waals surface area (Å²) < 4.78 is 1.95. The minimum Gasteiger partial charge on any atom is -0.272 e. The van der Waals surface area contributed by atoms with Crippen LogP contribution in [0.3, 0.4) is 0 Å². The van der Waals surface area contributed by atoms with Crippen LogP contribution in [0.5, 0.6) is 0 Å². The van der Waals surface area contributed by atoms with Crippen molar-refractivity contribution in [2.45, 2.75) is 27.3 Å². The van der Waals surface area contributed by atoms with Gasteiger partial charge in [0.25, 0.3) is 5.91 Å². The van der Waals surface area contributed by atoms with Gasteiger partial charge in [-0.3, -0.25) is 14.6 Å². The first-order valence-corrected chi connectivity index (χ1v) is 10.0. The molecule has 2 aromatic heterocycles. The number of rotatable bonds is 6. The summed E-state index contributed by atoms with van der Waals surface area (Å²) in [5.41, 5.74) is 9.70. The first-order valence-electron chi connectivity index (χ1n) is 10.0. The summed E-state index contributed by atoms with van der Waals surface area (Å²) in [5, 5.41) is 15.7. The van der Waals surface area contributed by atoms with Gasteiger partial charge in [-0.15, -0.1) is 0 Å². The number of aromatic amines is 1. The van der Waals surface area contributed by atoms with Crippen molar-refractivity contribution < 1.29 is 4.79 Å². The van der Waals surface area contributed by atoms with Crippen molar-refractivity contribution >= 4 is 12.1 Å². The van der Waals surface area contributed by atoms with Gasteiger partial charge in [-0.2, -0.15) is 15.3 Å². The standard InChI is InChI=1S/C24H24N6O/c1-16-9-11-19(12-10-16)15-30-18(3)21(17(2)29-30)14-25-28-24(31)23-13-22(26-27-23)20-7-5-4-6-8-20/h4-14H,15H2,1-3H3,(H,26,27)(H,28,31)/b25-14-. The van der Waals surface area contributed by atoms with E-state index < -0.39 is 0 Å². The number of nitrogens with zero attached hydrogens (tertiary/aromatic N) is 4. The Morgan fingerprint density at radius 1 is 1.10 bits per heavy atom. The van der Waals surface area contributed by atoms with Crippen molar-refractivity contribution in [1.29, 1.82) is 0 Å². The summed E-state index contributed by atoms with van der Waals surface area (Å²) in [6.07, 6.45) is 1.63. The van der Waals surface area contributed by atoms with E-state index in [1.54, 1.807) is 12.3 Å². The number of carbonyl (C=O) groups is 1. The van der Waals surface area contributed by atoms with Gasteiger partial charge in [0.2, 0.25) is 0 Å². The maximum absolute atomic E-state index is 12.4. The molecule has 0 aliphatic carbocycles. The van der Waals surface area contributed by atoms with E-state index in [9.17, 15) is 4.79 Å². The number of hydrazone groups is 1. The van der Waals surface area contributed by atoms with E-state index in [1.165, 1.54) is 11.1 Å². The van der Waals surface area contributed by atoms with Crippen molar-refractivity contribution in [1.82, 2.24) is 25.4 Å². The van der Waals surface area contributed by atoms with Crippen LogP contribution in [0.1, 0.15) is 38.6 Å². The van der Waals surface area contributed by atoms with Crippen molar-refractivity contribution in [3.8, 4) is 11.3 Å². The van der Waals surface area contributed by atoms with Crippen LogP contribution in [0.25, 0.3) is 11.3 Å². The molecule has 0 saturated carbocycles. The zero-order valence-corrected chi connectivity index (χ0v) is 17.8. The number of amides is 1. The van der Waals surface area contributed by atoms with Gasteiger partial charge in [0.1, 0.15) is 5.69 Å². The average molecular weight is 412 g/mol. The predicted molar refractivity (Wildman–Crippen MR) is 121 cm³/mol. The zero-order chi connectivity index (χ0) is 21.8. The number of aryl methyl sites for hydroxylation is 2. The van der Waals surface area contributed by atoms with Gasteiger partial charge in [0, 0.05) is 16.8 Å². The molecule has 0 saturated heterocycles.